The Morgan fingerprint density at radius 3 is 2.93 bits per heavy atom. The predicted molar refractivity (Wildman–Crippen MR) is 56.4 cm³/mol. The molecule has 3 nitrogen and oxygen atoms in total. The number of benzene rings is 1. The van der Waals surface area contributed by atoms with Crippen molar-refractivity contribution >= 4 is 5.97 Å². The largest absolute Gasteiger partial charge is 0.465 e. The minimum Gasteiger partial charge on any atom is -0.465 e. The molecule has 1 aromatic rings. The Labute approximate surface area is 88.6 Å². The van der Waals surface area contributed by atoms with Gasteiger partial charge in [-0.25, -0.2) is 4.79 Å². The highest BCUT2D eigenvalue weighted by molar-refractivity contribution is 5.91. The lowest BCUT2D eigenvalue weighted by Crippen LogP contribution is -2.05. The summed E-state index contributed by atoms with van der Waals surface area (Å²) in [5.74, 6) is -0.392. The van der Waals surface area contributed by atoms with Gasteiger partial charge in [-0.05, 0) is 30.2 Å². The van der Waals surface area contributed by atoms with Crippen LogP contribution >= 0.6 is 0 Å². The smallest absolute Gasteiger partial charge is 0.338 e. The lowest BCUT2D eigenvalue weighted by Gasteiger charge is -2.05. The Balaban J connectivity index is 3.21. The fraction of sp³-hybridized carbons (Fsp3) is 0.167. The van der Waals surface area contributed by atoms with Crippen LogP contribution in [0.5, 0.6) is 0 Å². The van der Waals surface area contributed by atoms with Crippen LogP contribution in [-0.2, 0) is 11.2 Å². The average molecular weight is 201 g/mol. The first-order valence-electron chi connectivity index (χ1n) is 4.45. The Morgan fingerprint density at radius 1 is 1.67 bits per heavy atom. The van der Waals surface area contributed by atoms with E-state index in [1.807, 2.05) is 6.07 Å². The van der Waals surface area contributed by atoms with E-state index in [4.69, 9.17) is 5.26 Å². The van der Waals surface area contributed by atoms with Crippen LogP contribution < -0.4 is 0 Å². The fourth-order valence-electron chi connectivity index (χ4n) is 1.30. The van der Waals surface area contributed by atoms with E-state index in [1.165, 1.54) is 7.11 Å². The summed E-state index contributed by atoms with van der Waals surface area (Å²) in [4.78, 5) is 11.4. The number of nitriles is 1. The van der Waals surface area contributed by atoms with Gasteiger partial charge in [-0.15, -0.1) is 6.58 Å². The average Bonchev–Trinajstić information content (AvgIpc) is 2.28. The maximum atomic E-state index is 11.4. The molecular weight excluding hydrogens is 190 g/mol. The van der Waals surface area contributed by atoms with Gasteiger partial charge in [0.15, 0.2) is 0 Å². The van der Waals surface area contributed by atoms with E-state index in [2.05, 4.69) is 11.3 Å². The van der Waals surface area contributed by atoms with Crippen LogP contribution in [0.3, 0.4) is 0 Å². The second kappa shape index (κ2) is 4.97. The van der Waals surface area contributed by atoms with Crippen LogP contribution in [0.1, 0.15) is 21.5 Å². The minimum absolute atomic E-state index is 0.392. The molecule has 0 aromatic heterocycles. The fourth-order valence-corrected chi connectivity index (χ4v) is 1.30. The summed E-state index contributed by atoms with van der Waals surface area (Å²) in [5, 5.41) is 8.72. The molecule has 0 fully saturated rings. The normalized spacial score (nSPS) is 9.07. The van der Waals surface area contributed by atoms with Gasteiger partial charge in [0, 0.05) is 0 Å². The van der Waals surface area contributed by atoms with Crippen LogP contribution in [0.4, 0.5) is 0 Å². The Kier molecular flexibility index (Phi) is 3.64. The first kappa shape index (κ1) is 11.0. The van der Waals surface area contributed by atoms with E-state index in [9.17, 15) is 4.79 Å². The summed E-state index contributed by atoms with van der Waals surface area (Å²) >= 11 is 0. The number of carbonyl (C=O) groups is 1. The minimum atomic E-state index is -0.392. The molecule has 0 heterocycles. The molecule has 0 atom stereocenters. The highest BCUT2D eigenvalue weighted by Crippen LogP contribution is 2.14. The lowest BCUT2D eigenvalue weighted by molar-refractivity contribution is 0.0599. The van der Waals surface area contributed by atoms with Crippen molar-refractivity contribution in [2.45, 2.75) is 6.42 Å². The zero-order valence-corrected chi connectivity index (χ0v) is 8.49. The number of hydrogen-bond acceptors (Lipinski definition) is 3. The number of carbonyl (C=O) groups excluding carboxylic acids is 1. The Hall–Kier alpha value is -2.08. The Morgan fingerprint density at radius 2 is 2.40 bits per heavy atom. The molecule has 0 unspecified atom stereocenters. The van der Waals surface area contributed by atoms with Crippen molar-refractivity contribution in [2.75, 3.05) is 7.11 Å². The van der Waals surface area contributed by atoms with Crippen molar-refractivity contribution in [3.8, 4) is 6.07 Å². The molecule has 15 heavy (non-hydrogen) atoms. The Bertz CT molecular complexity index is 430. The van der Waals surface area contributed by atoms with Crippen LogP contribution in [0.2, 0.25) is 0 Å². The van der Waals surface area contributed by atoms with Crippen LogP contribution in [0.15, 0.2) is 30.9 Å². The van der Waals surface area contributed by atoms with E-state index in [-0.39, 0.29) is 0 Å². The molecule has 0 radical (unpaired) electrons. The van der Waals surface area contributed by atoms with Gasteiger partial charge in [0.05, 0.1) is 24.3 Å². The number of rotatable bonds is 3. The van der Waals surface area contributed by atoms with Crippen LogP contribution in [-0.4, -0.2) is 13.1 Å². The van der Waals surface area contributed by atoms with E-state index in [0.717, 1.165) is 5.56 Å². The third-order valence-electron chi connectivity index (χ3n) is 2.00. The van der Waals surface area contributed by atoms with Crippen molar-refractivity contribution in [2.24, 2.45) is 0 Å². The molecule has 3 heteroatoms. The number of allylic oxidation sites excluding steroid dienone is 1. The van der Waals surface area contributed by atoms with Gasteiger partial charge < -0.3 is 4.74 Å². The van der Waals surface area contributed by atoms with E-state index < -0.39 is 5.97 Å². The SMILES string of the molecule is C=CCc1cc(C#N)ccc1C(=O)OC. The van der Waals surface area contributed by atoms with Crippen molar-refractivity contribution in [1.82, 2.24) is 0 Å². The van der Waals surface area contributed by atoms with E-state index in [1.54, 1.807) is 24.3 Å². The summed E-state index contributed by atoms with van der Waals surface area (Å²) < 4.78 is 4.64. The molecule has 0 bridgehead atoms. The van der Waals surface area contributed by atoms with Gasteiger partial charge in [-0.2, -0.15) is 5.26 Å². The summed E-state index contributed by atoms with van der Waals surface area (Å²) in [6.07, 6.45) is 2.23. The van der Waals surface area contributed by atoms with Crippen LogP contribution in [0, 0.1) is 11.3 Å². The predicted octanol–water partition coefficient (Wildman–Crippen LogP) is 2.07. The highest BCUT2D eigenvalue weighted by atomic mass is 16.5. The van der Waals surface area contributed by atoms with Gasteiger partial charge in [0.2, 0.25) is 0 Å². The molecule has 0 aliphatic rings. The number of esters is 1. The molecule has 0 aliphatic carbocycles. The van der Waals surface area contributed by atoms with Crippen molar-refractivity contribution in [1.29, 1.82) is 5.26 Å². The lowest BCUT2D eigenvalue weighted by atomic mass is 10.0. The third kappa shape index (κ3) is 2.44. The van der Waals surface area contributed by atoms with Gasteiger partial charge >= 0.3 is 5.97 Å². The summed E-state index contributed by atoms with van der Waals surface area (Å²) in [6.45, 7) is 3.60. The number of hydrogen-bond donors (Lipinski definition) is 0. The summed E-state index contributed by atoms with van der Waals surface area (Å²) in [5.41, 5.74) is 1.77. The second-order valence-corrected chi connectivity index (χ2v) is 2.97. The monoisotopic (exact) mass is 201 g/mol. The van der Waals surface area contributed by atoms with Gasteiger partial charge in [-0.1, -0.05) is 6.08 Å². The summed E-state index contributed by atoms with van der Waals surface area (Å²) in [7, 11) is 1.33. The highest BCUT2D eigenvalue weighted by Gasteiger charge is 2.10. The standard InChI is InChI=1S/C12H11NO2/c1-3-4-10-7-9(8-13)5-6-11(10)12(14)15-2/h3,5-7H,1,4H2,2H3. The number of nitrogens with zero attached hydrogens (tertiary/aromatic N) is 1. The molecule has 0 aliphatic heterocycles. The molecule has 0 spiro atoms. The van der Waals surface area contributed by atoms with E-state index >= 15 is 0 Å². The van der Waals surface area contributed by atoms with Gasteiger partial charge in [0.1, 0.15) is 0 Å². The van der Waals surface area contributed by atoms with Gasteiger partial charge in [-0.3, -0.25) is 0 Å². The zero-order valence-electron chi connectivity index (χ0n) is 8.49. The van der Waals surface area contributed by atoms with Gasteiger partial charge in [0.25, 0.3) is 0 Å². The molecule has 0 amide bonds. The molecule has 1 rings (SSSR count). The molecule has 0 saturated heterocycles. The summed E-state index contributed by atoms with van der Waals surface area (Å²) in [6, 6.07) is 6.89. The number of methoxy groups -OCH3 is 1. The maximum absolute atomic E-state index is 11.4. The second-order valence-electron chi connectivity index (χ2n) is 2.97. The molecule has 0 saturated carbocycles. The van der Waals surface area contributed by atoms with Crippen molar-refractivity contribution in [3.63, 3.8) is 0 Å². The quantitative estimate of drug-likeness (QED) is 0.555. The molecule has 76 valence electrons. The van der Waals surface area contributed by atoms with E-state index in [0.29, 0.717) is 17.5 Å². The van der Waals surface area contributed by atoms with Crippen molar-refractivity contribution < 1.29 is 9.53 Å². The first-order chi connectivity index (χ1) is 7.22. The molecular formula is C12H11NO2. The first-order valence-corrected chi connectivity index (χ1v) is 4.45. The van der Waals surface area contributed by atoms with Crippen molar-refractivity contribution in [3.05, 3.63) is 47.5 Å². The number of ether oxygens (including phenoxy) is 1. The molecule has 1 aromatic carbocycles. The third-order valence-corrected chi connectivity index (χ3v) is 2.00. The topological polar surface area (TPSA) is 50.1 Å². The zero-order chi connectivity index (χ0) is 11.3. The van der Waals surface area contributed by atoms with Crippen LogP contribution in [0.25, 0.3) is 0 Å². The maximum Gasteiger partial charge on any atom is 0.338 e. The molecule has 0 N–H and O–H groups in total.